The standard InChI is InChI=1S/C12H14I3N3O5/c13-5-4(6(14)9(17)7(15)8(5)16)12(23,11(18)22)10(21)3(1-19)2-20/h3,19-20,23H,1-2,16-17H2,(H2,18,22). The van der Waals surface area contributed by atoms with E-state index in [0.29, 0.717) is 3.57 Å². The van der Waals surface area contributed by atoms with E-state index in [4.69, 9.17) is 17.2 Å². The second kappa shape index (κ2) is 7.94. The Kier molecular flexibility index (Phi) is 7.27. The van der Waals surface area contributed by atoms with E-state index in [1.54, 1.807) is 45.2 Å². The Hall–Kier alpha value is 0.0300. The molecule has 1 amide bonds. The number of carbonyl (C=O) groups excluding carboxylic acids is 2. The molecule has 0 aromatic heterocycles. The van der Waals surface area contributed by atoms with E-state index in [1.807, 2.05) is 22.6 Å². The zero-order valence-corrected chi connectivity index (χ0v) is 18.0. The summed E-state index contributed by atoms with van der Waals surface area (Å²) < 4.78 is 1.00. The Morgan fingerprint density at radius 2 is 1.39 bits per heavy atom. The maximum atomic E-state index is 12.5. The number of hydrogen-bond donors (Lipinski definition) is 6. The third kappa shape index (κ3) is 3.53. The van der Waals surface area contributed by atoms with Gasteiger partial charge in [0, 0.05) is 12.7 Å². The van der Waals surface area contributed by atoms with Crippen molar-refractivity contribution in [1.82, 2.24) is 0 Å². The number of halogens is 3. The molecule has 0 heterocycles. The van der Waals surface area contributed by atoms with Gasteiger partial charge in [0.15, 0.2) is 5.78 Å². The van der Waals surface area contributed by atoms with Crippen LogP contribution in [-0.4, -0.2) is 40.2 Å². The quantitative estimate of drug-likeness (QED) is 0.136. The van der Waals surface area contributed by atoms with E-state index in [2.05, 4.69) is 0 Å². The minimum absolute atomic E-state index is 0.140. The number of ketones is 1. The summed E-state index contributed by atoms with van der Waals surface area (Å²) in [5, 5.41) is 29.2. The van der Waals surface area contributed by atoms with E-state index in [9.17, 15) is 24.9 Å². The van der Waals surface area contributed by atoms with Gasteiger partial charge in [0.25, 0.3) is 5.91 Å². The molecule has 0 aliphatic heterocycles. The van der Waals surface area contributed by atoms with Gasteiger partial charge >= 0.3 is 0 Å². The van der Waals surface area contributed by atoms with Gasteiger partial charge in [-0.1, -0.05) is 0 Å². The van der Waals surface area contributed by atoms with E-state index in [0.717, 1.165) is 0 Å². The van der Waals surface area contributed by atoms with Crippen molar-refractivity contribution in [3.63, 3.8) is 0 Å². The van der Waals surface area contributed by atoms with Crippen LogP contribution < -0.4 is 17.2 Å². The second-order valence-electron chi connectivity index (χ2n) is 4.65. The SMILES string of the molecule is NC(=O)C(O)(C(=O)C(CO)CO)c1c(I)c(N)c(I)c(N)c1I. The Morgan fingerprint density at radius 1 is 1.00 bits per heavy atom. The maximum Gasteiger partial charge on any atom is 0.262 e. The molecule has 128 valence electrons. The minimum Gasteiger partial charge on any atom is -0.397 e. The fourth-order valence-electron chi connectivity index (χ4n) is 1.91. The lowest BCUT2D eigenvalue weighted by Gasteiger charge is -2.30. The molecule has 0 spiro atoms. The van der Waals surface area contributed by atoms with Crippen LogP contribution in [0.25, 0.3) is 0 Å². The number of Topliss-reactive ketones (excluding diaryl/α,β-unsaturated/α-hetero) is 1. The van der Waals surface area contributed by atoms with Crippen LogP contribution in [0.2, 0.25) is 0 Å². The van der Waals surface area contributed by atoms with Gasteiger partial charge in [-0.15, -0.1) is 0 Å². The lowest BCUT2D eigenvalue weighted by molar-refractivity contribution is -0.156. The van der Waals surface area contributed by atoms with E-state index in [-0.39, 0.29) is 24.1 Å². The predicted molar refractivity (Wildman–Crippen MR) is 109 cm³/mol. The summed E-state index contributed by atoms with van der Waals surface area (Å²) in [7, 11) is 0. The van der Waals surface area contributed by atoms with E-state index >= 15 is 0 Å². The molecule has 1 unspecified atom stereocenters. The summed E-state index contributed by atoms with van der Waals surface area (Å²) in [6.45, 7) is -1.51. The highest BCUT2D eigenvalue weighted by molar-refractivity contribution is 14.1. The van der Waals surface area contributed by atoms with Crippen LogP contribution in [0.5, 0.6) is 0 Å². The minimum atomic E-state index is -2.77. The van der Waals surface area contributed by atoms with Crippen molar-refractivity contribution >= 4 is 90.8 Å². The highest BCUT2D eigenvalue weighted by Gasteiger charge is 2.50. The molecule has 9 N–H and O–H groups in total. The molecule has 1 aromatic rings. The lowest BCUT2D eigenvalue weighted by atomic mass is 9.82. The number of rotatable bonds is 6. The van der Waals surface area contributed by atoms with Gasteiger partial charge in [0.05, 0.1) is 34.1 Å². The number of benzene rings is 1. The van der Waals surface area contributed by atoms with Gasteiger partial charge in [-0.05, 0) is 67.8 Å². The number of anilines is 2. The molecular formula is C12H14I3N3O5. The Balaban J connectivity index is 3.80. The monoisotopic (exact) mass is 661 g/mol. The molecule has 1 aromatic carbocycles. The van der Waals surface area contributed by atoms with E-state index in [1.165, 1.54) is 0 Å². The molecule has 1 atom stereocenters. The zero-order chi connectivity index (χ0) is 18.1. The van der Waals surface area contributed by atoms with Crippen LogP contribution >= 0.6 is 67.8 Å². The molecule has 0 fully saturated rings. The van der Waals surface area contributed by atoms with Crippen LogP contribution in [0.4, 0.5) is 11.4 Å². The highest BCUT2D eigenvalue weighted by atomic mass is 127. The number of nitrogens with two attached hydrogens (primary N) is 3. The largest absolute Gasteiger partial charge is 0.397 e. The van der Waals surface area contributed by atoms with Crippen LogP contribution in [0.15, 0.2) is 0 Å². The first-order valence-electron chi connectivity index (χ1n) is 6.05. The molecule has 0 aliphatic rings. The molecule has 11 heteroatoms. The zero-order valence-electron chi connectivity index (χ0n) is 11.5. The average molecular weight is 661 g/mol. The molecule has 0 aliphatic carbocycles. The number of carbonyl (C=O) groups is 2. The van der Waals surface area contributed by atoms with Gasteiger partial charge in [-0.2, -0.15) is 0 Å². The van der Waals surface area contributed by atoms with Crippen LogP contribution in [-0.2, 0) is 15.2 Å². The molecule has 0 bridgehead atoms. The highest BCUT2D eigenvalue weighted by Crippen LogP contribution is 2.41. The van der Waals surface area contributed by atoms with Gasteiger partial charge in [-0.3, -0.25) is 9.59 Å². The summed E-state index contributed by atoms with van der Waals surface area (Å²) in [5.74, 6) is -3.84. The number of aliphatic hydroxyl groups is 3. The van der Waals surface area contributed by atoms with Crippen molar-refractivity contribution in [3.05, 3.63) is 16.3 Å². The van der Waals surface area contributed by atoms with Gasteiger partial charge in [-0.25, -0.2) is 0 Å². The number of nitrogen functional groups attached to an aromatic ring is 2. The fraction of sp³-hybridized carbons (Fsp3) is 0.333. The predicted octanol–water partition coefficient (Wildman–Crippen LogP) is -0.492. The summed E-state index contributed by atoms with van der Waals surface area (Å²) >= 11 is 5.46. The van der Waals surface area contributed by atoms with E-state index < -0.39 is 36.4 Å². The number of amides is 1. The smallest absolute Gasteiger partial charge is 0.262 e. The van der Waals surface area contributed by atoms with Crippen LogP contribution in [0, 0.1) is 16.6 Å². The van der Waals surface area contributed by atoms with Crippen LogP contribution in [0.3, 0.4) is 0 Å². The first kappa shape index (κ1) is 21.1. The van der Waals surface area contributed by atoms with Crippen molar-refractivity contribution in [2.24, 2.45) is 11.7 Å². The first-order chi connectivity index (χ1) is 10.5. The number of primary amides is 1. The average Bonchev–Trinajstić information content (AvgIpc) is 2.51. The third-order valence-electron chi connectivity index (χ3n) is 3.27. The van der Waals surface area contributed by atoms with Crippen molar-refractivity contribution in [1.29, 1.82) is 0 Å². The summed E-state index contributed by atoms with van der Waals surface area (Å²) in [6.07, 6.45) is 0. The Bertz CT molecular complexity index is 637. The topological polar surface area (TPSA) is 173 Å². The molecule has 23 heavy (non-hydrogen) atoms. The third-order valence-corrected chi connectivity index (χ3v) is 6.67. The Labute approximate surface area is 172 Å². The summed E-state index contributed by atoms with van der Waals surface area (Å²) in [5.41, 5.74) is 14.6. The van der Waals surface area contributed by atoms with Crippen molar-refractivity contribution in [2.45, 2.75) is 5.60 Å². The van der Waals surface area contributed by atoms with Gasteiger partial charge in [0.2, 0.25) is 5.60 Å². The van der Waals surface area contributed by atoms with Crippen molar-refractivity contribution in [2.75, 3.05) is 24.7 Å². The lowest BCUT2D eigenvalue weighted by Crippen LogP contribution is -2.52. The molecule has 0 saturated heterocycles. The molecule has 0 saturated carbocycles. The van der Waals surface area contributed by atoms with Crippen molar-refractivity contribution in [3.8, 4) is 0 Å². The number of aliphatic hydroxyl groups excluding tert-OH is 2. The van der Waals surface area contributed by atoms with Crippen LogP contribution in [0.1, 0.15) is 5.56 Å². The fourth-order valence-corrected chi connectivity index (χ4v) is 5.85. The second-order valence-corrected chi connectivity index (χ2v) is 7.88. The molecule has 0 radical (unpaired) electrons. The summed E-state index contributed by atoms with van der Waals surface area (Å²) in [6, 6.07) is 0. The molecular weight excluding hydrogens is 647 g/mol. The summed E-state index contributed by atoms with van der Waals surface area (Å²) in [4.78, 5) is 24.4. The number of hydrogen-bond acceptors (Lipinski definition) is 7. The Morgan fingerprint density at radius 3 is 1.70 bits per heavy atom. The normalized spacial score (nSPS) is 13.9. The van der Waals surface area contributed by atoms with Gasteiger partial charge < -0.3 is 32.5 Å². The maximum absolute atomic E-state index is 12.5. The van der Waals surface area contributed by atoms with Crippen molar-refractivity contribution < 1.29 is 24.9 Å². The van der Waals surface area contributed by atoms with Gasteiger partial charge in [0.1, 0.15) is 0 Å². The molecule has 1 rings (SSSR count). The molecule has 8 nitrogen and oxygen atoms in total. The first-order valence-corrected chi connectivity index (χ1v) is 9.29.